The first-order valence-corrected chi connectivity index (χ1v) is 32.2. The summed E-state index contributed by atoms with van der Waals surface area (Å²) in [6.45, 7) is 3.87. The highest BCUT2D eigenvalue weighted by Gasteiger charge is 2.44. The second-order valence-corrected chi connectivity index (χ2v) is 22.6. The largest absolute Gasteiger partial charge is 0.394 e. The SMILES string of the molecule is CCCCCCC/C=C\C/C=C\C/C=C\CCCCCCCCCCCCCCCCCCC(=O)NC(COC1OC(CO)C(O)C(O)C1O)C(O)CCCCCCCCCCCCCCCCCCCCCC. The van der Waals surface area contributed by atoms with E-state index in [-0.39, 0.29) is 12.5 Å². The van der Waals surface area contributed by atoms with Crippen LogP contribution in [-0.2, 0) is 14.3 Å². The van der Waals surface area contributed by atoms with E-state index in [1.54, 1.807) is 0 Å². The summed E-state index contributed by atoms with van der Waals surface area (Å²) in [5.41, 5.74) is 0. The maximum absolute atomic E-state index is 13.1. The van der Waals surface area contributed by atoms with Gasteiger partial charge >= 0.3 is 0 Å². The Morgan fingerprint density at radius 2 is 0.797 bits per heavy atom. The van der Waals surface area contributed by atoms with Gasteiger partial charge in [-0.05, 0) is 51.4 Å². The van der Waals surface area contributed by atoms with Crippen molar-refractivity contribution in [3.8, 4) is 0 Å². The van der Waals surface area contributed by atoms with E-state index in [1.165, 1.54) is 238 Å². The average Bonchev–Trinajstić information content (AvgIpc) is 3.40. The zero-order valence-electron chi connectivity index (χ0n) is 48.6. The Bertz CT molecular complexity index is 1260. The summed E-state index contributed by atoms with van der Waals surface area (Å²) in [5, 5.41) is 54.8. The van der Waals surface area contributed by atoms with E-state index in [0.717, 1.165) is 51.4 Å². The topological polar surface area (TPSA) is 149 Å². The van der Waals surface area contributed by atoms with E-state index < -0.39 is 49.5 Å². The van der Waals surface area contributed by atoms with Crippen molar-refractivity contribution in [2.45, 2.75) is 358 Å². The van der Waals surface area contributed by atoms with Crippen molar-refractivity contribution in [3.63, 3.8) is 0 Å². The predicted molar refractivity (Wildman–Crippen MR) is 313 cm³/mol. The minimum Gasteiger partial charge on any atom is -0.394 e. The van der Waals surface area contributed by atoms with E-state index in [2.05, 4.69) is 55.6 Å². The molecule has 436 valence electrons. The Balaban J connectivity index is 2.13. The van der Waals surface area contributed by atoms with Crippen LogP contribution in [-0.4, -0.2) is 87.5 Å². The molecule has 6 N–H and O–H groups in total. The molecule has 1 fully saturated rings. The molecule has 0 aromatic rings. The zero-order chi connectivity index (χ0) is 53.6. The molecule has 1 rings (SSSR count). The summed E-state index contributed by atoms with van der Waals surface area (Å²) in [6, 6.07) is -0.719. The van der Waals surface area contributed by atoms with E-state index >= 15 is 0 Å². The Kier molecular flexibility index (Phi) is 52.1. The number of carbonyl (C=O) groups is 1. The number of amides is 1. The number of allylic oxidation sites excluding steroid dienone is 6. The highest BCUT2D eigenvalue weighted by molar-refractivity contribution is 5.76. The predicted octanol–water partition coefficient (Wildman–Crippen LogP) is 16.7. The van der Waals surface area contributed by atoms with Crippen LogP contribution in [0, 0.1) is 0 Å². The van der Waals surface area contributed by atoms with E-state index in [9.17, 15) is 30.3 Å². The molecule has 1 aliphatic heterocycles. The summed E-state index contributed by atoms with van der Waals surface area (Å²) in [5.74, 6) is -0.140. The van der Waals surface area contributed by atoms with Gasteiger partial charge in [-0.3, -0.25) is 4.79 Å². The average molecular weight is 1050 g/mol. The molecule has 7 unspecified atom stereocenters. The van der Waals surface area contributed by atoms with Crippen molar-refractivity contribution in [2.75, 3.05) is 13.2 Å². The van der Waals surface area contributed by atoms with Gasteiger partial charge < -0.3 is 40.3 Å². The first-order valence-electron chi connectivity index (χ1n) is 32.2. The molecule has 0 radical (unpaired) electrons. The monoisotopic (exact) mass is 1050 g/mol. The van der Waals surface area contributed by atoms with Gasteiger partial charge in [0.25, 0.3) is 0 Å². The lowest BCUT2D eigenvalue weighted by Crippen LogP contribution is -2.60. The molecule has 1 amide bonds. The third-order valence-corrected chi connectivity index (χ3v) is 15.5. The maximum Gasteiger partial charge on any atom is 0.220 e. The fourth-order valence-corrected chi connectivity index (χ4v) is 10.4. The number of hydrogen-bond donors (Lipinski definition) is 6. The van der Waals surface area contributed by atoms with Crippen molar-refractivity contribution in [2.24, 2.45) is 0 Å². The zero-order valence-corrected chi connectivity index (χ0v) is 48.6. The Morgan fingerprint density at radius 3 is 1.18 bits per heavy atom. The molecule has 0 bridgehead atoms. The van der Waals surface area contributed by atoms with Crippen LogP contribution in [0.2, 0.25) is 0 Å². The van der Waals surface area contributed by atoms with Gasteiger partial charge in [-0.25, -0.2) is 0 Å². The Labute approximate surface area is 457 Å². The van der Waals surface area contributed by atoms with Gasteiger partial charge in [-0.2, -0.15) is 0 Å². The molecule has 74 heavy (non-hydrogen) atoms. The molecule has 1 aliphatic rings. The first-order chi connectivity index (χ1) is 36.3. The van der Waals surface area contributed by atoms with Crippen LogP contribution in [0.3, 0.4) is 0 Å². The summed E-state index contributed by atoms with van der Waals surface area (Å²) in [4.78, 5) is 13.1. The molecular formula is C65H123NO8. The Morgan fingerprint density at radius 1 is 0.459 bits per heavy atom. The molecule has 1 heterocycles. The number of rotatable bonds is 56. The molecule has 9 heteroatoms. The smallest absolute Gasteiger partial charge is 0.220 e. The van der Waals surface area contributed by atoms with Gasteiger partial charge in [-0.1, -0.05) is 294 Å². The lowest BCUT2D eigenvalue weighted by atomic mass is 9.99. The fourth-order valence-electron chi connectivity index (χ4n) is 10.4. The summed E-state index contributed by atoms with van der Waals surface area (Å²) >= 11 is 0. The van der Waals surface area contributed by atoms with Crippen LogP contribution in [0.5, 0.6) is 0 Å². The number of hydrogen-bond acceptors (Lipinski definition) is 8. The van der Waals surface area contributed by atoms with Gasteiger partial charge in [0.05, 0.1) is 25.4 Å². The third kappa shape index (κ3) is 43.4. The minimum absolute atomic E-state index is 0.135. The molecule has 0 aliphatic carbocycles. The Hall–Kier alpha value is -1.59. The van der Waals surface area contributed by atoms with Gasteiger partial charge in [0.15, 0.2) is 6.29 Å². The maximum atomic E-state index is 13.1. The molecule has 0 aromatic heterocycles. The molecule has 0 aromatic carbocycles. The van der Waals surface area contributed by atoms with Crippen molar-refractivity contribution >= 4 is 5.91 Å². The minimum atomic E-state index is -1.55. The number of aliphatic hydroxyl groups is 5. The number of aliphatic hydroxyl groups excluding tert-OH is 5. The number of unbranched alkanes of at least 4 members (excludes halogenated alkanes) is 40. The van der Waals surface area contributed by atoms with Gasteiger partial charge in [0.2, 0.25) is 5.91 Å². The molecule has 0 saturated carbocycles. The third-order valence-electron chi connectivity index (χ3n) is 15.5. The fraction of sp³-hybridized carbons (Fsp3) is 0.892. The molecule has 1 saturated heterocycles. The highest BCUT2D eigenvalue weighted by Crippen LogP contribution is 2.23. The summed E-state index contributed by atoms with van der Waals surface area (Å²) in [7, 11) is 0. The number of carbonyl (C=O) groups excluding carboxylic acids is 1. The molecular weight excluding hydrogens is 923 g/mol. The number of ether oxygens (including phenoxy) is 2. The second-order valence-electron chi connectivity index (χ2n) is 22.6. The molecule has 7 atom stereocenters. The van der Waals surface area contributed by atoms with E-state index in [4.69, 9.17) is 9.47 Å². The van der Waals surface area contributed by atoms with Crippen molar-refractivity contribution in [1.29, 1.82) is 0 Å². The quantitative estimate of drug-likeness (QED) is 0.0261. The van der Waals surface area contributed by atoms with Crippen molar-refractivity contribution < 1.29 is 39.8 Å². The lowest BCUT2D eigenvalue weighted by Gasteiger charge is -2.40. The van der Waals surface area contributed by atoms with Crippen molar-refractivity contribution in [1.82, 2.24) is 5.32 Å². The van der Waals surface area contributed by atoms with Crippen molar-refractivity contribution in [3.05, 3.63) is 36.5 Å². The van der Waals surface area contributed by atoms with E-state index in [0.29, 0.717) is 12.8 Å². The first kappa shape index (κ1) is 70.4. The number of nitrogens with one attached hydrogen (secondary N) is 1. The highest BCUT2D eigenvalue weighted by atomic mass is 16.7. The van der Waals surface area contributed by atoms with Gasteiger partial charge in [0, 0.05) is 6.42 Å². The normalized spacial score (nSPS) is 19.1. The van der Waals surface area contributed by atoms with Gasteiger partial charge in [-0.15, -0.1) is 0 Å². The van der Waals surface area contributed by atoms with Crippen LogP contribution in [0.25, 0.3) is 0 Å². The lowest BCUT2D eigenvalue weighted by molar-refractivity contribution is -0.302. The van der Waals surface area contributed by atoms with Crippen LogP contribution in [0.15, 0.2) is 36.5 Å². The van der Waals surface area contributed by atoms with E-state index in [1.807, 2.05) is 0 Å². The second kappa shape index (κ2) is 54.8. The molecule has 0 spiro atoms. The van der Waals surface area contributed by atoms with Gasteiger partial charge in [0.1, 0.15) is 24.4 Å². The summed E-state index contributed by atoms with van der Waals surface area (Å²) < 4.78 is 11.3. The molecule has 9 nitrogen and oxygen atoms in total. The van der Waals surface area contributed by atoms with Crippen LogP contribution >= 0.6 is 0 Å². The summed E-state index contributed by atoms with van der Waals surface area (Å²) in [6.07, 6.45) is 64.7. The van der Waals surface area contributed by atoms with Crippen LogP contribution < -0.4 is 5.32 Å². The standard InChI is InChI=1S/C65H123NO8/c1-3-5-7-9-11-13-15-17-19-21-23-25-26-27-28-29-30-31-32-33-34-35-37-39-41-43-45-47-49-51-53-55-61(69)66-58(57-73-65-64(72)63(71)62(70)60(56-67)74-65)59(68)54-52-50-48-46-44-42-40-38-36-24-22-20-18-16-14-12-10-8-6-4-2/h15,17,21,23,26-27,58-60,62-65,67-68,70-72H,3-14,16,18-20,22,24-25,28-57H2,1-2H3,(H,66,69)/b17-15-,23-21-,27-26-. The van der Waals surface area contributed by atoms with Crippen LogP contribution in [0.4, 0.5) is 0 Å². The van der Waals surface area contributed by atoms with Crippen LogP contribution in [0.1, 0.15) is 316 Å².